The summed E-state index contributed by atoms with van der Waals surface area (Å²) in [6.45, 7) is 1.44. The molecule has 0 spiro atoms. The average molecular weight is 457 g/mol. The molecular weight excluding hydrogens is 434 g/mol. The van der Waals surface area contributed by atoms with E-state index in [0.29, 0.717) is 54.0 Å². The Kier molecular flexibility index (Phi) is 4.25. The smallest absolute Gasteiger partial charge is 0.280 e. The first kappa shape index (κ1) is 19.7. The summed E-state index contributed by atoms with van der Waals surface area (Å²) < 4.78 is 13.9. The summed E-state index contributed by atoms with van der Waals surface area (Å²) in [5.41, 5.74) is 3.33. The standard InChI is InChI=1S/C24H23N7O3/c1-30-20-22(28-24(30)26-15-10-33-11-15)25-12-31(23(20)32)9-18-27-21(29-34-18)19-16-7-14(8-17(16)19)13-5-3-2-4-6-13/h2-7,12,15-17,19H,8-11H2,1H3,(H,26,28). The third kappa shape index (κ3) is 3.09. The first-order chi connectivity index (χ1) is 16.7. The summed E-state index contributed by atoms with van der Waals surface area (Å²) in [4.78, 5) is 26.6. The highest BCUT2D eigenvalue weighted by Gasteiger charge is 2.55. The van der Waals surface area contributed by atoms with Crippen molar-refractivity contribution in [1.29, 1.82) is 0 Å². The lowest BCUT2D eigenvalue weighted by Gasteiger charge is -2.27. The molecule has 34 heavy (non-hydrogen) atoms. The fourth-order valence-corrected chi connectivity index (χ4v) is 5.16. The number of benzene rings is 1. The normalized spacial score (nSPS) is 23.6. The molecule has 1 N–H and O–H groups in total. The molecule has 4 heterocycles. The predicted molar refractivity (Wildman–Crippen MR) is 123 cm³/mol. The molecular formula is C24H23N7O3. The Morgan fingerprint density at radius 1 is 1.18 bits per heavy atom. The number of fused-ring (bicyclic) bond motifs is 2. The van der Waals surface area contributed by atoms with Gasteiger partial charge in [-0.25, -0.2) is 4.98 Å². The van der Waals surface area contributed by atoms with E-state index in [2.05, 4.69) is 55.8 Å². The Labute approximate surface area is 194 Å². The molecule has 3 aliphatic rings. The number of anilines is 1. The van der Waals surface area contributed by atoms with E-state index in [4.69, 9.17) is 9.26 Å². The first-order valence-electron chi connectivity index (χ1n) is 11.5. The van der Waals surface area contributed by atoms with Crippen LogP contribution in [-0.2, 0) is 18.3 Å². The number of imidazole rings is 1. The Morgan fingerprint density at radius 3 is 2.76 bits per heavy atom. The quantitative estimate of drug-likeness (QED) is 0.469. The van der Waals surface area contributed by atoms with Gasteiger partial charge in [0.05, 0.1) is 19.3 Å². The van der Waals surface area contributed by atoms with E-state index in [1.807, 2.05) is 6.07 Å². The summed E-state index contributed by atoms with van der Waals surface area (Å²) in [7, 11) is 1.80. The number of rotatable bonds is 6. The van der Waals surface area contributed by atoms with Gasteiger partial charge in [-0.05, 0) is 29.4 Å². The zero-order valence-electron chi connectivity index (χ0n) is 18.6. The minimum atomic E-state index is -0.198. The monoisotopic (exact) mass is 457 g/mol. The molecule has 7 rings (SSSR count). The van der Waals surface area contributed by atoms with Crippen LogP contribution in [-0.4, -0.2) is 48.5 Å². The second-order valence-electron chi connectivity index (χ2n) is 9.30. The molecule has 3 unspecified atom stereocenters. The molecule has 4 aromatic rings. The molecule has 3 aromatic heterocycles. The molecule has 172 valence electrons. The summed E-state index contributed by atoms with van der Waals surface area (Å²) in [5, 5.41) is 7.51. The van der Waals surface area contributed by atoms with Crippen molar-refractivity contribution >= 4 is 22.7 Å². The Balaban J connectivity index is 1.09. The molecule has 10 heteroatoms. The number of aromatic nitrogens is 6. The average Bonchev–Trinajstić information content (AvgIpc) is 3.21. The van der Waals surface area contributed by atoms with Crippen LogP contribution in [0.3, 0.4) is 0 Å². The lowest BCUT2D eigenvalue weighted by molar-refractivity contribution is 0.0207. The third-order valence-electron chi connectivity index (χ3n) is 7.14. The van der Waals surface area contributed by atoms with E-state index in [-0.39, 0.29) is 18.1 Å². The number of hydrogen-bond donors (Lipinski definition) is 1. The lowest BCUT2D eigenvalue weighted by atomic mass is 10.0. The van der Waals surface area contributed by atoms with E-state index >= 15 is 0 Å². The molecule has 1 aromatic carbocycles. The number of nitrogens with one attached hydrogen (secondary N) is 1. The maximum absolute atomic E-state index is 13.1. The van der Waals surface area contributed by atoms with Crippen molar-refractivity contribution in [2.24, 2.45) is 18.9 Å². The SMILES string of the molecule is Cn1c(NC2COC2)nc2ncn(Cc3nc(C4C5C=C(c6ccccc6)CC54)no3)c(=O)c21. The molecule has 2 fully saturated rings. The Hall–Kier alpha value is -3.79. The van der Waals surface area contributed by atoms with E-state index in [9.17, 15) is 4.79 Å². The van der Waals surface area contributed by atoms with E-state index in [0.717, 1.165) is 12.2 Å². The van der Waals surface area contributed by atoms with Gasteiger partial charge in [0.2, 0.25) is 11.8 Å². The van der Waals surface area contributed by atoms with Gasteiger partial charge in [-0.3, -0.25) is 9.36 Å². The van der Waals surface area contributed by atoms with Gasteiger partial charge in [0, 0.05) is 13.0 Å². The largest absolute Gasteiger partial charge is 0.377 e. The maximum atomic E-state index is 13.1. The summed E-state index contributed by atoms with van der Waals surface area (Å²) in [5.74, 6) is 3.02. The molecule has 1 saturated heterocycles. The highest BCUT2D eigenvalue weighted by Crippen LogP contribution is 2.62. The van der Waals surface area contributed by atoms with E-state index < -0.39 is 0 Å². The van der Waals surface area contributed by atoms with E-state index in [1.54, 1.807) is 11.6 Å². The molecule has 0 amide bonds. The van der Waals surface area contributed by atoms with Crippen molar-refractivity contribution < 1.29 is 9.26 Å². The fraction of sp³-hybridized carbons (Fsp3) is 0.375. The molecule has 10 nitrogen and oxygen atoms in total. The fourth-order valence-electron chi connectivity index (χ4n) is 5.16. The summed E-state index contributed by atoms with van der Waals surface area (Å²) >= 11 is 0. The zero-order chi connectivity index (χ0) is 22.8. The molecule has 2 aliphatic carbocycles. The van der Waals surface area contributed by atoms with Crippen LogP contribution in [0.1, 0.15) is 29.6 Å². The van der Waals surface area contributed by atoms with Gasteiger partial charge in [-0.15, -0.1) is 0 Å². The van der Waals surface area contributed by atoms with Crippen molar-refractivity contribution in [3.05, 3.63) is 70.4 Å². The van der Waals surface area contributed by atoms with Gasteiger partial charge < -0.3 is 19.1 Å². The van der Waals surface area contributed by atoms with Crippen molar-refractivity contribution in [1.82, 2.24) is 29.2 Å². The van der Waals surface area contributed by atoms with Crippen LogP contribution in [0.4, 0.5) is 5.95 Å². The van der Waals surface area contributed by atoms with Crippen LogP contribution in [0.5, 0.6) is 0 Å². The third-order valence-corrected chi connectivity index (χ3v) is 7.14. The topological polar surface area (TPSA) is 113 Å². The van der Waals surface area contributed by atoms with Gasteiger partial charge in [-0.1, -0.05) is 41.6 Å². The number of hydrogen-bond acceptors (Lipinski definition) is 8. The zero-order valence-corrected chi connectivity index (χ0v) is 18.6. The van der Waals surface area contributed by atoms with Crippen molar-refractivity contribution in [3.8, 4) is 0 Å². The second kappa shape index (κ2) is 7.36. The highest BCUT2D eigenvalue weighted by molar-refractivity contribution is 5.73. The minimum Gasteiger partial charge on any atom is -0.377 e. The Morgan fingerprint density at radius 2 is 2.03 bits per heavy atom. The molecule has 1 saturated carbocycles. The van der Waals surface area contributed by atoms with Crippen LogP contribution in [0, 0.1) is 11.8 Å². The van der Waals surface area contributed by atoms with Gasteiger partial charge in [0.25, 0.3) is 5.56 Å². The molecule has 3 atom stereocenters. The Bertz CT molecular complexity index is 1480. The summed E-state index contributed by atoms with van der Waals surface area (Å²) in [6, 6.07) is 10.7. The van der Waals surface area contributed by atoms with E-state index in [1.165, 1.54) is 22.0 Å². The number of allylic oxidation sites excluding steroid dienone is 2. The first-order valence-corrected chi connectivity index (χ1v) is 11.5. The van der Waals surface area contributed by atoms with Gasteiger partial charge >= 0.3 is 0 Å². The molecule has 0 radical (unpaired) electrons. The minimum absolute atomic E-state index is 0.173. The summed E-state index contributed by atoms with van der Waals surface area (Å²) in [6.07, 6.45) is 4.87. The molecule has 1 aliphatic heterocycles. The molecule has 0 bridgehead atoms. The number of ether oxygens (including phenoxy) is 1. The van der Waals surface area contributed by atoms with Crippen LogP contribution in [0.2, 0.25) is 0 Å². The van der Waals surface area contributed by atoms with Gasteiger partial charge in [0.1, 0.15) is 12.9 Å². The number of nitrogens with zero attached hydrogens (tertiary/aromatic N) is 6. The van der Waals surface area contributed by atoms with Crippen molar-refractivity contribution in [2.45, 2.75) is 24.9 Å². The van der Waals surface area contributed by atoms with Crippen LogP contribution < -0.4 is 10.9 Å². The predicted octanol–water partition coefficient (Wildman–Crippen LogP) is 2.19. The van der Waals surface area contributed by atoms with Gasteiger partial charge in [-0.2, -0.15) is 9.97 Å². The van der Waals surface area contributed by atoms with Crippen LogP contribution >= 0.6 is 0 Å². The maximum Gasteiger partial charge on any atom is 0.280 e. The van der Waals surface area contributed by atoms with Crippen LogP contribution in [0.25, 0.3) is 16.7 Å². The second-order valence-corrected chi connectivity index (χ2v) is 9.30. The van der Waals surface area contributed by atoms with Crippen molar-refractivity contribution in [2.75, 3.05) is 18.5 Å². The number of aryl methyl sites for hydroxylation is 1. The van der Waals surface area contributed by atoms with Gasteiger partial charge in [0.15, 0.2) is 17.0 Å². The lowest BCUT2D eigenvalue weighted by Crippen LogP contribution is -2.41. The van der Waals surface area contributed by atoms with Crippen LogP contribution in [0.15, 0.2) is 52.1 Å². The highest BCUT2D eigenvalue weighted by atomic mass is 16.5. The van der Waals surface area contributed by atoms with Crippen molar-refractivity contribution in [3.63, 3.8) is 0 Å².